The number of benzene rings is 2. The Morgan fingerprint density at radius 3 is 2.73 bits per heavy atom. The molecule has 22 heavy (non-hydrogen) atoms. The minimum absolute atomic E-state index is 0.183. The lowest BCUT2D eigenvalue weighted by Crippen LogP contribution is -2.06. The maximum Gasteiger partial charge on any atom is 0.306 e. The lowest BCUT2D eigenvalue weighted by Gasteiger charge is -2.07. The quantitative estimate of drug-likeness (QED) is 0.467. The minimum Gasteiger partial charge on any atom is -0.466 e. The number of hydrogen-bond acceptors (Lipinski definition) is 4. The summed E-state index contributed by atoms with van der Waals surface area (Å²) < 4.78 is 4.88. The van der Waals surface area contributed by atoms with E-state index in [2.05, 4.69) is 30.3 Å². The van der Waals surface area contributed by atoms with Crippen molar-refractivity contribution >= 4 is 33.5 Å². The van der Waals surface area contributed by atoms with E-state index in [1.807, 2.05) is 12.1 Å². The SMILES string of the molecule is CCOC(=O)CCSC(=N)CCc1cccc2ccccc12. The van der Waals surface area contributed by atoms with Gasteiger partial charge in [0.15, 0.2) is 0 Å². The molecule has 2 aromatic rings. The van der Waals surface area contributed by atoms with Crippen LogP contribution in [0.25, 0.3) is 10.8 Å². The van der Waals surface area contributed by atoms with Gasteiger partial charge in [-0.1, -0.05) is 42.5 Å². The van der Waals surface area contributed by atoms with Gasteiger partial charge in [0.1, 0.15) is 0 Å². The van der Waals surface area contributed by atoms with Crippen molar-refractivity contribution in [3.05, 3.63) is 48.0 Å². The van der Waals surface area contributed by atoms with Crippen molar-refractivity contribution in [3.8, 4) is 0 Å². The Labute approximate surface area is 135 Å². The molecule has 0 spiro atoms. The molecular weight excluding hydrogens is 294 g/mol. The van der Waals surface area contributed by atoms with Crippen molar-refractivity contribution in [2.24, 2.45) is 0 Å². The van der Waals surface area contributed by atoms with E-state index in [4.69, 9.17) is 10.1 Å². The summed E-state index contributed by atoms with van der Waals surface area (Å²) >= 11 is 1.44. The van der Waals surface area contributed by atoms with Crippen molar-refractivity contribution in [2.45, 2.75) is 26.2 Å². The number of aryl methyl sites for hydroxylation is 1. The van der Waals surface area contributed by atoms with Gasteiger partial charge in [0.2, 0.25) is 0 Å². The molecule has 4 heteroatoms. The smallest absolute Gasteiger partial charge is 0.306 e. The van der Waals surface area contributed by atoms with Crippen LogP contribution in [0, 0.1) is 5.41 Å². The number of ether oxygens (including phenoxy) is 1. The normalized spacial score (nSPS) is 10.6. The molecular formula is C18H21NO2S. The van der Waals surface area contributed by atoms with Crippen molar-refractivity contribution in [2.75, 3.05) is 12.4 Å². The van der Waals surface area contributed by atoms with Crippen LogP contribution in [0.1, 0.15) is 25.3 Å². The first-order chi connectivity index (χ1) is 10.7. The standard InChI is InChI=1S/C18H21NO2S/c1-2-21-18(20)12-13-22-17(19)11-10-15-8-5-7-14-6-3-4-9-16(14)15/h3-9,19H,2,10-13H2,1H3. The molecule has 2 aromatic carbocycles. The van der Waals surface area contributed by atoms with Crippen molar-refractivity contribution < 1.29 is 9.53 Å². The van der Waals surface area contributed by atoms with Crippen LogP contribution in [0.5, 0.6) is 0 Å². The third kappa shape index (κ3) is 4.88. The Balaban J connectivity index is 1.82. The zero-order chi connectivity index (χ0) is 15.8. The predicted molar refractivity (Wildman–Crippen MR) is 93.7 cm³/mol. The molecule has 0 aliphatic heterocycles. The maximum atomic E-state index is 11.2. The molecule has 0 saturated carbocycles. The van der Waals surface area contributed by atoms with Crippen LogP contribution >= 0.6 is 11.8 Å². The first kappa shape index (κ1) is 16.6. The third-order valence-electron chi connectivity index (χ3n) is 3.39. The van der Waals surface area contributed by atoms with Crippen LogP contribution < -0.4 is 0 Å². The number of carbonyl (C=O) groups excluding carboxylic acids is 1. The van der Waals surface area contributed by atoms with E-state index in [1.165, 1.54) is 28.1 Å². The van der Waals surface area contributed by atoms with Gasteiger partial charge in [-0.15, -0.1) is 11.8 Å². The fourth-order valence-corrected chi connectivity index (χ4v) is 3.08. The molecule has 2 rings (SSSR count). The van der Waals surface area contributed by atoms with Gasteiger partial charge in [0.25, 0.3) is 0 Å². The van der Waals surface area contributed by atoms with Gasteiger partial charge in [-0.2, -0.15) is 0 Å². The molecule has 0 amide bonds. The number of nitrogens with one attached hydrogen (secondary N) is 1. The van der Waals surface area contributed by atoms with E-state index in [9.17, 15) is 4.79 Å². The Morgan fingerprint density at radius 2 is 1.91 bits per heavy atom. The number of esters is 1. The molecule has 0 radical (unpaired) electrons. The molecule has 1 N–H and O–H groups in total. The molecule has 3 nitrogen and oxygen atoms in total. The van der Waals surface area contributed by atoms with Crippen LogP contribution in [-0.4, -0.2) is 23.4 Å². The fraction of sp³-hybridized carbons (Fsp3) is 0.333. The van der Waals surface area contributed by atoms with Gasteiger partial charge in [-0.3, -0.25) is 10.2 Å². The molecule has 0 aliphatic rings. The number of thioether (sulfide) groups is 1. The molecule has 0 fully saturated rings. The summed E-state index contributed by atoms with van der Waals surface area (Å²) in [7, 11) is 0. The highest BCUT2D eigenvalue weighted by Gasteiger charge is 2.06. The van der Waals surface area contributed by atoms with Gasteiger partial charge in [0.05, 0.1) is 18.1 Å². The summed E-state index contributed by atoms with van der Waals surface area (Å²) in [4.78, 5) is 11.2. The monoisotopic (exact) mass is 315 g/mol. The highest BCUT2D eigenvalue weighted by molar-refractivity contribution is 8.13. The average molecular weight is 315 g/mol. The van der Waals surface area contributed by atoms with Crippen LogP contribution in [-0.2, 0) is 16.0 Å². The van der Waals surface area contributed by atoms with Crippen molar-refractivity contribution in [3.63, 3.8) is 0 Å². The fourth-order valence-electron chi connectivity index (χ4n) is 2.32. The van der Waals surface area contributed by atoms with Crippen LogP contribution in [0.15, 0.2) is 42.5 Å². The van der Waals surface area contributed by atoms with Gasteiger partial charge < -0.3 is 4.74 Å². The second-order valence-corrected chi connectivity index (χ2v) is 6.15. The van der Waals surface area contributed by atoms with Crippen LogP contribution in [0.3, 0.4) is 0 Å². The van der Waals surface area contributed by atoms with Crippen molar-refractivity contribution in [1.29, 1.82) is 5.41 Å². The van der Waals surface area contributed by atoms with E-state index < -0.39 is 0 Å². The maximum absolute atomic E-state index is 11.2. The third-order valence-corrected chi connectivity index (χ3v) is 4.35. The Kier molecular flexibility index (Phi) is 6.46. The van der Waals surface area contributed by atoms with E-state index in [0.717, 1.165) is 6.42 Å². The van der Waals surface area contributed by atoms with E-state index in [1.54, 1.807) is 6.92 Å². The summed E-state index contributed by atoms with van der Waals surface area (Å²) in [6.07, 6.45) is 1.93. The topological polar surface area (TPSA) is 50.2 Å². The van der Waals surface area contributed by atoms with E-state index in [-0.39, 0.29) is 5.97 Å². The Bertz CT molecular complexity index is 649. The minimum atomic E-state index is -0.183. The number of fused-ring (bicyclic) bond motifs is 1. The van der Waals surface area contributed by atoms with Crippen LogP contribution in [0.4, 0.5) is 0 Å². The zero-order valence-electron chi connectivity index (χ0n) is 12.8. The summed E-state index contributed by atoms with van der Waals surface area (Å²) in [6, 6.07) is 14.6. The molecule has 0 heterocycles. The number of rotatable bonds is 7. The highest BCUT2D eigenvalue weighted by atomic mass is 32.2. The Hall–Kier alpha value is -1.81. The second kappa shape index (κ2) is 8.59. The molecule has 0 atom stereocenters. The summed E-state index contributed by atoms with van der Waals surface area (Å²) in [6.45, 7) is 2.22. The molecule has 0 aliphatic carbocycles. The predicted octanol–water partition coefficient (Wildman–Crippen LogP) is 4.44. The van der Waals surface area contributed by atoms with Crippen molar-refractivity contribution in [1.82, 2.24) is 0 Å². The van der Waals surface area contributed by atoms with E-state index in [0.29, 0.717) is 30.2 Å². The summed E-state index contributed by atoms with van der Waals surface area (Å²) in [5.74, 6) is 0.435. The van der Waals surface area contributed by atoms with Crippen LogP contribution in [0.2, 0.25) is 0 Å². The first-order valence-corrected chi connectivity index (χ1v) is 8.51. The molecule has 116 valence electrons. The lowest BCUT2D eigenvalue weighted by atomic mass is 10.0. The van der Waals surface area contributed by atoms with E-state index >= 15 is 0 Å². The van der Waals surface area contributed by atoms with Gasteiger partial charge in [-0.05, 0) is 36.1 Å². The summed E-state index contributed by atoms with van der Waals surface area (Å²) in [5, 5.41) is 11.1. The first-order valence-electron chi connectivity index (χ1n) is 7.53. The zero-order valence-corrected chi connectivity index (χ0v) is 13.6. The average Bonchev–Trinajstić information content (AvgIpc) is 2.53. The van der Waals surface area contributed by atoms with Gasteiger partial charge >= 0.3 is 5.97 Å². The van der Waals surface area contributed by atoms with Gasteiger partial charge in [-0.25, -0.2) is 0 Å². The number of carbonyl (C=O) groups is 1. The second-order valence-electron chi connectivity index (χ2n) is 4.96. The largest absolute Gasteiger partial charge is 0.466 e. The lowest BCUT2D eigenvalue weighted by molar-refractivity contribution is -0.142. The molecule has 0 unspecified atom stereocenters. The van der Waals surface area contributed by atoms with Gasteiger partial charge in [0, 0.05) is 5.75 Å². The highest BCUT2D eigenvalue weighted by Crippen LogP contribution is 2.21. The summed E-state index contributed by atoms with van der Waals surface area (Å²) in [5.41, 5.74) is 1.27. The Morgan fingerprint density at radius 1 is 1.14 bits per heavy atom. The molecule has 0 bridgehead atoms. The molecule has 0 saturated heterocycles. The molecule has 0 aromatic heterocycles. The number of hydrogen-bond donors (Lipinski definition) is 1.